The van der Waals surface area contributed by atoms with Gasteiger partial charge in [0.05, 0.1) is 6.54 Å². The smallest absolute Gasteiger partial charge is 0.414 e. The van der Waals surface area contributed by atoms with Gasteiger partial charge in [-0.1, -0.05) is 24.3 Å². The molecule has 0 radical (unpaired) electrons. The van der Waals surface area contributed by atoms with Crippen LogP contribution in [-0.2, 0) is 16.1 Å². The Hall–Kier alpha value is -2.30. The van der Waals surface area contributed by atoms with Crippen LogP contribution in [0.15, 0.2) is 36.4 Å². The lowest BCUT2D eigenvalue weighted by Crippen LogP contribution is -2.25. The summed E-state index contributed by atoms with van der Waals surface area (Å²) in [5.41, 5.74) is 1.85. The van der Waals surface area contributed by atoms with Crippen molar-refractivity contribution in [2.75, 3.05) is 18.1 Å². The van der Waals surface area contributed by atoms with Crippen LogP contribution in [0.5, 0.6) is 0 Å². The van der Waals surface area contributed by atoms with Gasteiger partial charge in [0.15, 0.2) is 0 Å². The predicted octanol–water partition coefficient (Wildman–Crippen LogP) is 2.62. The zero-order chi connectivity index (χ0) is 15.4. The molecule has 5 nitrogen and oxygen atoms in total. The quantitative estimate of drug-likeness (QED) is 0.850. The van der Waals surface area contributed by atoms with E-state index in [1.165, 1.54) is 0 Å². The van der Waals surface area contributed by atoms with Crippen molar-refractivity contribution in [2.45, 2.75) is 25.8 Å². The maximum atomic E-state index is 11.9. The normalized spacial score (nSPS) is 20.3. The first-order valence-corrected chi connectivity index (χ1v) is 7.69. The standard InChI is InChI=1S/C17H20N2O3/c20-16(11-13-3-1-2-4-13)18-12-14-5-7-15(8-6-14)19-9-10-22-17(19)21/h1,3,5-8,13H,2,4,9-12H2,(H,18,20)/t13-/m0/s1. The second-order valence-corrected chi connectivity index (χ2v) is 5.68. The summed E-state index contributed by atoms with van der Waals surface area (Å²) >= 11 is 0. The molecule has 22 heavy (non-hydrogen) atoms. The molecular formula is C17H20N2O3. The molecule has 0 spiro atoms. The molecular weight excluding hydrogens is 280 g/mol. The fraction of sp³-hybridized carbons (Fsp3) is 0.412. The number of nitrogens with zero attached hydrogens (tertiary/aromatic N) is 1. The highest BCUT2D eigenvalue weighted by Gasteiger charge is 2.23. The highest BCUT2D eigenvalue weighted by atomic mass is 16.6. The van der Waals surface area contributed by atoms with Crippen LogP contribution >= 0.6 is 0 Å². The third kappa shape index (κ3) is 3.47. The summed E-state index contributed by atoms with van der Waals surface area (Å²) in [6.07, 6.45) is 6.69. The lowest BCUT2D eigenvalue weighted by Gasteiger charge is -2.13. The summed E-state index contributed by atoms with van der Waals surface area (Å²) in [7, 11) is 0. The molecule has 1 N–H and O–H groups in total. The van der Waals surface area contributed by atoms with Crippen molar-refractivity contribution < 1.29 is 14.3 Å². The molecule has 1 saturated heterocycles. The Kier molecular flexibility index (Phi) is 4.42. The van der Waals surface area contributed by atoms with Crippen molar-refractivity contribution >= 4 is 17.7 Å². The summed E-state index contributed by atoms with van der Waals surface area (Å²) in [6.45, 7) is 1.54. The Morgan fingerprint density at radius 3 is 2.77 bits per heavy atom. The highest BCUT2D eigenvalue weighted by Crippen LogP contribution is 2.21. The van der Waals surface area contributed by atoms with Gasteiger partial charge in [0.25, 0.3) is 0 Å². The molecule has 2 amide bonds. The second kappa shape index (κ2) is 6.64. The molecule has 116 valence electrons. The number of hydrogen-bond donors (Lipinski definition) is 1. The van der Waals surface area contributed by atoms with Crippen LogP contribution < -0.4 is 10.2 Å². The number of rotatable bonds is 5. The van der Waals surface area contributed by atoms with E-state index < -0.39 is 0 Å². The van der Waals surface area contributed by atoms with Gasteiger partial charge in [-0.3, -0.25) is 9.69 Å². The summed E-state index contributed by atoms with van der Waals surface area (Å²) < 4.78 is 4.92. The molecule has 1 heterocycles. The van der Waals surface area contributed by atoms with Crippen LogP contribution in [0.4, 0.5) is 10.5 Å². The molecule has 1 aliphatic carbocycles. The number of anilines is 1. The fourth-order valence-electron chi connectivity index (χ4n) is 2.80. The third-order valence-electron chi connectivity index (χ3n) is 4.06. The largest absolute Gasteiger partial charge is 0.447 e. The SMILES string of the molecule is O=C(C[C@H]1C=CCC1)NCc1ccc(N2CCOC2=O)cc1. The summed E-state index contributed by atoms with van der Waals surface area (Å²) in [4.78, 5) is 25.0. The molecule has 1 aliphatic heterocycles. The highest BCUT2D eigenvalue weighted by molar-refractivity contribution is 5.89. The van der Waals surface area contributed by atoms with Gasteiger partial charge >= 0.3 is 6.09 Å². The molecule has 0 bridgehead atoms. The van der Waals surface area contributed by atoms with Crippen LogP contribution in [-0.4, -0.2) is 25.2 Å². The number of cyclic esters (lactones) is 1. The van der Waals surface area contributed by atoms with E-state index in [9.17, 15) is 9.59 Å². The zero-order valence-corrected chi connectivity index (χ0v) is 12.5. The van der Waals surface area contributed by atoms with Gasteiger partial charge in [0, 0.05) is 18.7 Å². The molecule has 1 atom stereocenters. The van der Waals surface area contributed by atoms with Gasteiger partial charge in [-0.15, -0.1) is 0 Å². The van der Waals surface area contributed by atoms with Crippen LogP contribution in [0.2, 0.25) is 0 Å². The Bertz CT molecular complexity index is 580. The average molecular weight is 300 g/mol. The van der Waals surface area contributed by atoms with Crippen molar-refractivity contribution in [1.82, 2.24) is 5.32 Å². The van der Waals surface area contributed by atoms with Crippen molar-refractivity contribution in [1.29, 1.82) is 0 Å². The van der Waals surface area contributed by atoms with Gasteiger partial charge < -0.3 is 10.1 Å². The Morgan fingerprint density at radius 1 is 1.32 bits per heavy atom. The fourth-order valence-corrected chi connectivity index (χ4v) is 2.80. The van der Waals surface area contributed by atoms with Crippen molar-refractivity contribution in [3.05, 3.63) is 42.0 Å². The molecule has 1 fully saturated rings. The van der Waals surface area contributed by atoms with Crippen LogP contribution in [0.3, 0.4) is 0 Å². The molecule has 0 aromatic heterocycles. The number of hydrogen-bond acceptors (Lipinski definition) is 3. The van der Waals surface area contributed by atoms with E-state index >= 15 is 0 Å². The van der Waals surface area contributed by atoms with E-state index in [4.69, 9.17) is 4.74 Å². The molecule has 3 rings (SSSR count). The van der Waals surface area contributed by atoms with Gasteiger partial charge in [-0.05, 0) is 36.5 Å². The first-order valence-electron chi connectivity index (χ1n) is 7.69. The van der Waals surface area contributed by atoms with Crippen LogP contribution in [0.1, 0.15) is 24.8 Å². The number of carbonyl (C=O) groups is 2. The second-order valence-electron chi connectivity index (χ2n) is 5.68. The van der Waals surface area contributed by atoms with E-state index in [1.807, 2.05) is 24.3 Å². The Morgan fingerprint density at radius 2 is 2.14 bits per heavy atom. The monoisotopic (exact) mass is 300 g/mol. The minimum Gasteiger partial charge on any atom is -0.447 e. The van der Waals surface area contributed by atoms with Gasteiger partial charge in [0.1, 0.15) is 6.61 Å². The molecule has 0 saturated carbocycles. The van der Waals surface area contributed by atoms with Gasteiger partial charge in [0.2, 0.25) is 5.91 Å². The van der Waals surface area contributed by atoms with Crippen LogP contribution in [0, 0.1) is 5.92 Å². The van der Waals surface area contributed by atoms with Gasteiger partial charge in [-0.25, -0.2) is 4.79 Å². The van der Waals surface area contributed by atoms with E-state index in [1.54, 1.807) is 4.90 Å². The molecule has 1 aromatic carbocycles. The Labute approximate surface area is 129 Å². The van der Waals surface area contributed by atoms with E-state index in [2.05, 4.69) is 17.5 Å². The topological polar surface area (TPSA) is 58.6 Å². The predicted molar refractivity (Wildman–Crippen MR) is 83.5 cm³/mol. The van der Waals surface area contributed by atoms with E-state index in [-0.39, 0.29) is 12.0 Å². The average Bonchev–Trinajstić information content (AvgIpc) is 3.17. The summed E-state index contributed by atoms with van der Waals surface area (Å²) in [5, 5.41) is 2.95. The summed E-state index contributed by atoms with van der Waals surface area (Å²) in [6, 6.07) is 7.62. The van der Waals surface area contributed by atoms with Crippen molar-refractivity contribution in [3.63, 3.8) is 0 Å². The first kappa shape index (κ1) is 14.6. The number of nitrogens with one attached hydrogen (secondary N) is 1. The Balaban J connectivity index is 1.49. The maximum absolute atomic E-state index is 11.9. The van der Waals surface area contributed by atoms with E-state index in [0.717, 1.165) is 24.1 Å². The molecule has 5 heteroatoms. The number of benzene rings is 1. The summed E-state index contributed by atoms with van der Waals surface area (Å²) in [5.74, 6) is 0.479. The third-order valence-corrected chi connectivity index (χ3v) is 4.06. The lowest BCUT2D eigenvalue weighted by atomic mass is 10.1. The molecule has 1 aromatic rings. The zero-order valence-electron chi connectivity index (χ0n) is 12.5. The van der Waals surface area contributed by atoms with Crippen molar-refractivity contribution in [3.8, 4) is 0 Å². The molecule has 2 aliphatic rings. The molecule has 0 unspecified atom stereocenters. The minimum atomic E-state index is -0.300. The number of amides is 2. The minimum absolute atomic E-state index is 0.0868. The number of carbonyl (C=O) groups excluding carboxylic acids is 2. The van der Waals surface area contributed by atoms with E-state index in [0.29, 0.717) is 32.0 Å². The number of allylic oxidation sites excluding steroid dienone is 2. The first-order chi connectivity index (χ1) is 10.7. The van der Waals surface area contributed by atoms with Crippen LogP contribution in [0.25, 0.3) is 0 Å². The maximum Gasteiger partial charge on any atom is 0.414 e. The van der Waals surface area contributed by atoms with Gasteiger partial charge in [-0.2, -0.15) is 0 Å². The van der Waals surface area contributed by atoms with Crippen molar-refractivity contribution in [2.24, 2.45) is 5.92 Å². The number of ether oxygens (including phenoxy) is 1. The lowest BCUT2D eigenvalue weighted by molar-refractivity contribution is -0.121.